The zero-order valence-electron chi connectivity index (χ0n) is 16.2. The summed E-state index contributed by atoms with van der Waals surface area (Å²) in [5.41, 5.74) is 6.39. The van der Waals surface area contributed by atoms with E-state index in [2.05, 4.69) is 20.4 Å². The number of aromatic nitrogens is 1. The van der Waals surface area contributed by atoms with E-state index in [1.165, 1.54) is 0 Å². The third-order valence-corrected chi connectivity index (χ3v) is 4.45. The molecule has 0 saturated carbocycles. The van der Waals surface area contributed by atoms with Crippen LogP contribution >= 0.6 is 0 Å². The van der Waals surface area contributed by atoms with E-state index in [4.69, 9.17) is 9.15 Å². The van der Waals surface area contributed by atoms with Crippen LogP contribution in [0.4, 0.5) is 5.69 Å². The van der Waals surface area contributed by atoms with Crippen molar-refractivity contribution in [3.05, 3.63) is 71.4 Å². The third-order valence-electron chi connectivity index (χ3n) is 4.45. The van der Waals surface area contributed by atoms with Crippen LogP contribution in [0.3, 0.4) is 0 Å². The summed E-state index contributed by atoms with van der Waals surface area (Å²) in [4.78, 5) is 12.0. The molecule has 0 bridgehead atoms. The SMILES string of the molecule is COc1ccccc1NCC(=O)N/N=C\c1cc(C)n(Cc2ccco2)c1C. The second-order valence-corrected chi connectivity index (χ2v) is 6.34. The van der Waals surface area contributed by atoms with E-state index >= 15 is 0 Å². The summed E-state index contributed by atoms with van der Waals surface area (Å²) in [6.45, 7) is 4.80. The third kappa shape index (κ3) is 4.62. The van der Waals surface area contributed by atoms with Crippen LogP contribution in [0.1, 0.15) is 22.7 Å². The van der Waals surface area contributed by atoms with Crippen LogP contribution in [-0.2, 0) is 11.3 Å². The van der Waals surface area contributed by atoms with Crippen molar-refractivity contribution in [2.24, 2.45) is 5.10 Å². The number of methoxy groups -OCH3 is 1. The molecule has 0 fully saturated rings. The van der Waals surface area contributed by atoms with Gasteiger partial charge in [-0.15, -0.1) is 0 Å². The van der Waals surface area contributed by atoms with Crippen molar-refractivity contribution >= 4 is 17.8 Å². The van der Waals surface area contributed by atoms with Crippen molar-refractivity contribution in [2.45, 2.75) is 20.4 Å². The molecule has 0 aliphatic rings. The number of nitrogens with zero attached hydrogens (tertiary/aromatic N) is 2. The van der Waals surface area contributed by atoms with Crippen molar-refractivity contribution in [2.75, 3.05) is 19.0 Å². The van der Waals surface area contributed by atoms with Crippen molar-refractivity contribution < 1.29 is 13.9 Å². The van der Waals surface area contributed by atoms with Crippen molar-refractivity contribution in [3.8, 4) is 5.75 Å². The molecule has 0 aliphatic heterocycles. The number of hydrazone groups is 1. The molecule has 2 N–H and O–H groups in total. The summed E-state index contributed by atoms with van der Waals surface area (Å²) >= 11 is 0. The number of rotatable bonds is 8. The highest BCUT2D eigenvalue weighted by atomic mass is 16.5. The Bertz CT molecular complexity index is 958. The van der Waals surface area contributed by atoms with E-state index in [0.717, 1.165) is 28.4 Å². The van der Waals surface area contributed by atoms with Crippen molar-refractivity contribution in [1.82, 2.24) is 9.99 Å². The number of benzene rings is 1. The largest absolute Gasteiger partial charge is 0.495 e. The van der Waals surface area contributed by atoms with E-state index in [9.17, 15) is 4.79 Å². The highest BCUT2D eigenvalue weighted by Crippen LogP contribution is 2.22. The van der Waals surface area contributed by atoms with Gasteiger partial charge < -0.3 is 19.0 Å². The summed E-state index contributed by atoms with van der Waals surface area (Å²) in [5, 5.41) is 7.11. The fourth-order valence-electron chi connectivity index (χ4n) is 2.94. The summed E-state index contributed by atoms with van der Waals surface area (Å²) in [6.07, 6.45) is 3.32. The molecule has 0 unspecified atom stereocenters. The lowest BCUT2D eigenvalue weighted by Gasteiger charge is -2.09. The Balaban J connectivity index is 1.56. The van der Waals surface area contributed by atoms with Crippen LogP contribution < -0.4 is 15.5 Å². The number of para-hydroxylation sites is 2. The Kier molecular flexibility index (Phi) is 6.16. The smallest absolute Gasteiger partial charge is 0.259 e. The lowest BCUT2D eigenvalue weighted by atomic mass is 10.3. The van der Waals surface area contributed by atoms with Crippen molar-refractivity contribution in [3.63, 3.8) is 0 Å². The molecule has 7 heteroatoms. The van der Waals surface area contributed by atoms with Gasteiger partial charge in [0.05, 0.1) is 38.4 Å². The maximum absolute atomic E-state index is 12.0. The number of hydrogen-bond acceptors (Lipinski definition) is 5. The first-order valence-electron chi connectivity index (χ1n) is 8.96. The fourth-order valence-corrected chi connectivity index (χ4v) is 2.94. The van der Waals surface area contributed by atoms with Crippen molar-refractivity contribution in [1.29, 1.82) is 0 Å². The minimum Gasteiger partial charge on any atom is -0.495 e. The second kappa shape index (κ2) is 8.94. The van der Waals surface area contributed by atoms with Crippen LogP contribution in [0.25, 0.3) is 0 Å². The first-order valence-corrected chi connectivity index (χ1v) is 8.96. The molecule has 1 aromatic carbocycles. The number of furan rings is 1. The summed E-state index contributed by atoms with van der Waals surface area (Å²) in [6, 6.07) is 13.3. The molecule has 7 nitrogen and oxygen atoms in total. The highest BCUT2D eigenvalue weighted by Gasteiger charge is 2.09. The number of ether oxygens (including phenoxy) is 1. The zero-order valence-corrected chi connectivity index (χ0v) is 16.2. The topological polar surface area (TPSA) is 80.8 Å². The first-order chi connectivity index (χ1) is 13.6. The Hall–Kier alpha value is -3.48. The molecular weight excluding hydrogens is 356 g/mol. The Morgan fingerprint density at radius 1 is 1.25 bits per heavy atom. The zero-order chi connectivity index (χ0) is 19.9. The predicted octanol–water partition coefficient (Wildman–Crippen LogP) is 3.32. The van der Waals surface area contributed by atoms with E-state index in [0.29, 0.717) is 12.3 Å². The number of nitrogens with one attached hydrogen (secondary N) is 2. The molecule has 2 heterocycles. The van der Waals surface area contributed by atoms with Crippen LogP contribution in [0, 0.1) is 13.8 Å². The van der Waals surface area contributed by atoms with Gasteiger partial charge in [0.15, 0.2) is 0 Å². The molecule has 0 saturated heterocycles. The quantitative estimate of drug-likeness (QED) is 0.464. The normalized spacial score (nSPS) is 11.0. The Morgan fingerprint density at radius 2 is 2.07 bits per heavy atom. The Labute approximate surface area is 164 Å². The molecule has 0 atom stereocenters. The lowest BCUT2D eigenvalue weighted by molar-refractivity contribution is -0.119. The number of carbonyl (C=O) groups excluding carboxylic acids is 1. The van der Waals surface area contributed by atoms with Crippen LogP contribution in [0.5, 0.6) is 5.75 Å². The van der Waals surface area contributed by atoms with Crippen LogP contribution in [0.2, 0.25) is 0 Å². The van der Waals surface area contributed by atoms with Gasteiger partial charge in [-0.1, -0.05) is 12.1 Å². The lowest BCUT2D eigenvalue weighted by Crippen LogP contribution is -2.26. The van der Waals surface area contributed by atoms with Gasteiger partial charge in [-0.3, -0.25) is 4.79 Å². The summed E-state index contributed by atoms with van der Waals surface area (Å²) in [7, 11) is 1.59. The van der Waals surface area contributed by atoms with Gasteiger partial charge in [-0.2, -0.15) is 5.10 Å². The Morgan fingerprint density at radius 3 is 2.82 bits per heavy atom. The second-order valence-electron chi connectivity index (χ2n) is 6.34. The minimum absolute atomic E-state index is 0.0925. The summed E-state index contributed by atoms with van der Waals surface area (Å²) in [5.74, 6) is 1.33. The molecular formula is C21H24N4O3. The average molecular weight is 380 g/mol. The molecule has 146 valence electrons. The maximum atomic E-state index is 12.0. The van der Waals surface area contributed by atoms with Crippen LogP contribution in [-0.4, -0.2) is 30.3 Å². The molecule has 0 spiro atoms. The molecule has 0 radical (unpaired) electrons. The molecule has 3 aromatic rings. The average Bonchev–Trinajstić information content (AvgIpc) is 3.31. The van der Waals surface area contributed by atoms with E-state index < -0.39 is 0 Å². The molecule has 3 rings (SSSR count). The number of hydrogen-bond donors (Lipinski definition) is 2. The van der Waals surface area contributed by atoms with Crippen LogP contribution in [0.15, 0.2) is 58.2 Å². The van der Waals surface area contributed by atoms with E-state index in [1.807, 2.05) is 56.3 Å². The van der Waals surface area contributed by atoms with Gasteiger partial charge in [-0.25, -0.2) is 5.43 Å². The van der Waals surface area contributed by atoms with Gasteiger partial charge in [-0.05, 0) is 44.2 Å². The number of anilines is 1. The molecule has 0 aliphatic carbocycles. The van der Waals surface area contributed by atoms with E-state index in [-0.39, 0.29) is 12.5 Å². The monoisotopic (exact) mass is 380 g/mol. The first kappa shape index (κ1) is 19.3. The summed E-state index contributed by atoms with van der Waals surface area (Å²) < 4.78 is 12.8. The highest BCUT2D eigenvalue weighted by molar-refractivity contribution is 5.85. The maximum Gasteiger partial charge on any atom is 0.259 e. The van der Waals surface area contributed by atoms with Gasteiger partial charge >= 0.3 is 0 Å². The molecule has 2 aromatic heterocycles. The standard InChI is InChI=1S/C21H24N4O3/c1-15-11-17(16(2)25(15)14-18-7-6-10-28-18)12-23-24-21(26)13-22-19-8-4-5-9-20(19)27-3/h4-12,22H,13-14H2,1-3H3,(H,24,26)/b23-12-. The number of amides is 1. The fraction of sp³-hybridized carbons (Fsp3) is 0.238. The number of carbonyl (C=O) groups is 1. The van der Waals surface area contributed by atoms with Gasteiger partial charge in [0, 0.05) is 17.0 Å². The molecule has 28 heavy (non-hydrogen) atoms. The van der Waals surface area contributed by atoms with Gasteiger partial charge in [0.2, 0.25) is 0 Å². The van der Waals surface area contributed by atoms with Gasteiger partial charge in [0.25, 0.3) is 5.91 Å². The predicted molar refractivity (Wildman–Crippen MR) is 109 cm³/mol. The number of aryl methyl sites for hydroxylation is 1. The van der Waals surface area contributed by atoms with E-state index in [1.54, 1.807) is 19.6 Å². The minimum atomic E-state index is -0.244. The van der Waals surface area contributed by atoms with Gasteiger partial charge in [0.1, 0.15) is 11.5 Å². The molecule has 1 amide bonds.